The van der Waals surface area contributed by atoms with E-state index in [-0.39, 0.29) is 11.9 Å². The van der Waals surface area contributed by atoms with Crippen LogP contribution in [0.3, 0.4) is 0 Å². The van der Waals surface area contributed by atoms with Crippen LogP contribution >= 0.6 is 0 Å². The van der Waals surface area contributed by atoms with Crippen LogP contribution in [-0.4, -0.2) is 60.3 Å². The van der Waals surface area contributed by atoms with Gasteiger partial charge in [0.05, 0.1) is 30.1 Å². The lowest BCUT2D eigenvalue weighted by molar-refractivity contribution is -0.134. The van der Waals surface area contributed by atoms with E-state index in [0.29, 0.717) is 37.7 Å². The maximum Gasteiger partial charge on any atom is 0.225 e. The molecule has 2 fully saturated rings. The number of hydrogen-bond acceptors (Lipinski definition) is 7. The molecule has 8 nitrogen and oxygen atoms in total. The molecule has 2 N–H and O–H groups in total. The first-order valence-electron chi connectivity index (χ1n) is 10.7. The number of nitrogens with two attached hydrogens (primary N) is 1. The summed E-state index contributed by atoms with van der Waals surface area (Å²) in [5.74, 6) is 2.21. The summed E-state index contributed by atoms with van der Waals surface area (Å²) >= 11 is 0. The highest BCUT2D eigenvalue weighted by atomic mass is 16.5. The van der Waals surface area contributed by atoms with Crippen molar-refractivity contribution in [3.8, 4) is 11.1 Å². The van der Waals surface area contributed by atoms with Crippen LogP contribution in [0.1, 0.15) is 49.3 Å². The number of methoxy groups -OCH3 is 1. The number of ether oxygens (including phenoxy) is 1. The number of rotatable bonds is 6. The Balaban J connectivity index is 1.60. The molecule has 2 aliphatic rings. The Hall–Kier alpha value is -2.61. The van der Waals surface area contributed by atoms with Gasteiger partial charge in [0.1, 0.15) is 5.76 Å². The number of amides is 1. The van der Waals surface area contributed by atoms with Crippen molar-refractivity contribution >= 4 is 17.4 Å². The number of carbonyl (C=O) groups excluding carboxylic acids is 1. The highest BCUT2D eigenvalue weighted by Crippen LogP contribution is 2.46. The topological polar surface area (TPSA) is 97.7 Å². The summed E-state index contributed by atoms with van der Waals surface area (Å²) in [6, 6.07) is 2.12. The van der Waals surface area contributed by atoms with Gasteiger partial charge in [0.15, 0.2) is 5.82 Å². The van der Waals surface area contributed by atoms with Crippen LogP contribution in [0.2, 0.25) is 0 Å². The summed E-state index contributed by atoms with van der Waals surface area (Å²) in [7, 11) is 1.62. The average molecular weight is 414 g/mol. The van der Waals surface area contributed by atoms with Gasteiger partial charge in [0.25, 0.3) is 0 Å². The fraction of sp³-hybridized carbons (Fsp3) is 0.591. The van der Waals surface area contributed by atoms with Gasteiger partial charge in [-0.1, -0.05) is 5.16 Å². The molecule has 1 amide bonds. The van der Waals surface area contributed by atoms with Crippen LogP contribution in [0.4, 0.5) is 11.5 Å². The maximum absolute atomic E-state index is 12.4. The minimum atomic E-state index is 0.0934. The van der Waals surface area contributed by atoms with Gasteiger partial charge in [-0.3, -0.25) is 4.79 Å². The summed E-state index contributed by atoms with van der Waals surface area (Å²) in [4.78, 5) is 21.6. The molecule has 0 radical (unpaired) electrons. The van der Waals surface area contributed by atoms with E-state index in [0.717, 1.165) is 53.5 Å². The molecule has 1 atom stereocenters. The van der Waals surface area contributed by atoms with Crippen molar-refractivity contribution in [3.05, 3.63) is 23.2 Å². The Morgan fingerprint density at radius 1 is 1.33 bits per heavy atom. The second-order valence-corrected chi connectivity index (χ2v) is 8.43. The van der Waals surface area contributed by atoms with Gasteiger partial charge < -0.3 is 24.8 Å². The van der Waals surface area contributed by atoms with Gasteiger partial charge in [0, 0.05) is 49.8 Å². The Bertz CT molecular complexity index is 918. The molecule has 0 aromatic carbocycles. The fourth-order valence-corrected chi connectivity index (χ4v) is 4.38. The molecule has 2 aromatic heterocycles. The summed E-state index contributed by atoms with van der Waals surface area (Å²) in [5.41, 5.74) is 11.1. The number of anilines is 2. The predicted octanol–water partition coefficient (Wildman–Crippen LogP) is 2.89. The van der Waals surface area contributed by atoms with Gasteiger partial charge in [-0.05, 0) is 39.7 Å². The lowest BCUT2D eigenvalue weighted by atomic mass is 9.99. The molecular formula is C22H31N5O3. The third-order valence-corrected chi connectivity index (χ3v) is 6.09. The van der Waals surface area contributed by atoms with Crippen molar-refractivity contribution in [3.63, 3.8) is 0 Å². The van der Waals surface area contributed by atoms with Crippen LogP contribution in [0.5, 0.6) is 0 Å². The van der Waals surface area contributed by atoms with Crippen molar-refractivity contribution in [2.24, 2.45) is 0 Å². The van der Waals surface area contributed by atoms with Crippen molar-refractivity contribution in [1.82, 2.24) is 15.0 Å². The zero-order valence-electron chi connectivity index (χ0n) is 18.3. The Labute approximate surface area is 177 Å². The highest BCUT2D eigenvalue weighted by molar-refractivity contribution is 5.79. The SMILES string of the molecule is COCCC(=O)N1CCN(c2nc(C3CC3)c(-c3c(C)noc3C)cc2N)C[C@H]1C. The summed E-state index contributed by atoms with van der Waals surface area (Å²) in [6.45, 7) is 8.50. The second-order valence-electron chi connectivity index (χ2n) is 8.43. The first-order chi connectivity index (χ1) is 14.4. The maximum atomic E-state index is 12.4. The van der Waals surface area contributed by atoms with Gasteiger partial charge in [-0.25, -0.2) is 4.98 Å². The van der Waals surface area contributed by atoms with E-state index in [4.69, 9.17) is 20.0 Å². The minimum absolute atomic E-state index is 0.0934. The monoisotopic (exact) mass is 413 g/mol. The highest BCUT2D eigenvalue weighted by Gasteiger charge is 2.33. The number of aryl methyl sites for hydroxylation is 2. The molecule has 3 heterocycles. The van der Waals surface area contributed by atoms with Crippen LogP contribution < -0.4 is 10.6 Å². The third kappa shape index (κ3) is 3.88. The molecule has 2 aromatic rings. The molecule has 0 bridgehead atoms. The molecule has 8 heteroatoms. The molecule has 1 aliphatic heterocycles. The number of aromatic nitrogens is 2. The van der Waals surface area contributed by atoms with E-state index < -0.39 is 0 Å². The first kappa shape index (κ1) is 20.7. The Morgan fingerprint density at radius 3 is 2.70 bits per heavy atom. The molecule has 0 unspecified atom stereocenters. The van der Waals surface area contributed by atoms with Gasteiger partial charge >= 0.3 is 0 Å². The van der Waals surface area contributed by atoms with E-state index in [1.807, 2.05) is 24.8 Å². The molecular weight excluding hydrogens is 382 g/mol. The smallest absolute Gasteiger partial charge is 0.225 e. The van der Waals surface area contributed by atoms with Crippen molar-refractivity contribution in [1.29, 1.82) is 0 Å². The molecule has 4 rings (SSSR count). The van der Waals surface area contributed by atoms with Crippen LogP contribution in [0.25, 0.3) is 11.1 Å². The molecule has 30 heavy (non-hydrogen) atoms. The van der Waals surface area contributed by atoms with Gasteiger partial charge in [-0.15, -0.1) is 0 Å². The number of pyridine rings is 1. The van der Waals surface area contributed by atoms with Gasteiger partial charge in [0.2, 0.25) is 5.91 Å². The largest absolute Gasteiger partial charge is 0.396 e. The summed E-state index contributed by atoms with van der Waals surface area (Å²) in [5, 5.41) is 4.11. The van der Waals surface area contributed by atoms with E-state index in [1.165, 1.54) is 0 Å². The van der Waals surface area contributed by atoms with E-state index in [1.54, 1.807) is 7.11 Å². The zero-order chi connectivity index (χ0) is 21.4. The summed E-state index contributed by atoms with van der Waals surface area (Å²) < 4.78 is 10.4. The van der Waals surface area contributed by atoms with Crippen LogP contribution in [0, 0.1) is 13.8 Å². The molecule has 1 saturated heterocycles. The number of piperazine rings is 1. The predicted molar refractivity (Wildman–Crippen MR) is 115 cm³/mol. The van der Waals surface area contributed by atoms with E-state index in [2.05, 4.69) is 17.0 Å². The second kappa shape index (κ2) is 8.26. The fourth-order valence-electron chi connectivity index (χ4n) is 4.38. The zero-order valence-corrected chi connectivity index (χ0v) is 18.3. The standard InChI is InChI=1S/C22H31N5O3/c1-13-12-26(8-9-27(13)19(28)7-10-29-4)22-18(23)11-17(21(24-22)16-5-6-16)20-14(2)25-30-15(20)3/h11,13,16H,5-10,12,23H2,1-4H3/t13-/m1/s1. The van der Waals surface area contributed by atoms with Gasteiger partial charge in [-0.2, -0.15) is 0 Å². The molecule has 162 valence electrons. The van der Waals surface area contributed by atoms with E-state index in [9.17, 15) is 4.79 Å². The van der Waals surface area contributed by atoms with Crippen molar-refractivity contribution in [2.45, 2.75) is 52.0 Å². The lowest BCUT2D eigenvalue weighted by Crippen LogP contribution is -2.54. The number of nitrogen functional groups attached to an aromatic ring is 1. The molecule has 0 spiro atoms. The first-order valence-corrected chi connectivity index (χ1v) is 10.7. The average Bonchev–Trinajstić information content (AvgIpc) is 3.50. The summed E-state index contributed by atoms with van der Waals surface area (Å²) in [6.07, 6.45) is 2.70. The molecule has 1 saturated carbocycles. The molecule has 1 aliphatic carbocycles. The number of hydrogen-bond donors (Lipinski definition) is 1. The lowest BCUT2D eigenvalue weighted by Gasteiger charge is -2.41. The van der Waals surface area contributed by atoms with Crippen molar-refractivity contribution < 1.29 is 14.1 Å². The van der Waals surface area contributed by atoms with E-state index >= 15 is 0 Å². The van der Waals surface area contributed by atoms with Crippen LogP contribution in [-0.2, 0) is 9.53 Å². The van der Waals surface area contributed by atoms with Crippen LogP contribution in [0.15, 0.2) is 10.6 Å². The third-order valence-electron chi connectivity index (χ3n) is 6.09. The number of carbonyl (C=O) groups is 1. The Morgan fingerprint density at radius 2 is 2.10 bits per heavy atom. The number of nitrogens with zero attached hydrogens (tertiary/aromatic N) is 4. The Kier molecular flexibility index (Phi) is 5.69. The van der Waals surface area contributed by atoms with Crippen molar-refractivity contribution in [2.75, 3.05) is 44.0 Å². The quantitative estimate of drug-likeness (QED) is 0.777. The normalized spacial score (nSPS) is 19.4. The minimum Gasteiger partial charge on any atom is -0.396 e.